The van der Waals surface area contributed by atoms with E-state index in [1.807, 2.05) is 41.3 Å². The van der Waals surface area contributed by atoms with E-state index in [4.69, 9.17) is 0 Å². The molecule has 3 aliphatic carbocycles. The van der Waals surface area contributed by atoms with Gasteiger partial charge in [-0.25, -0.2) is 8.42 Å². The van der Waals surface area contributed by atoms with Crippen molar-refractivity contribution in [2.75, 3.05) is 22.4 Å². The molecule has 6 nitrogen and oxygen atoms in total. The first-order valence-corrected chi connectivity index (χ1v) is 15.3. The zero-order chi connectivity index (χ0) is 25.1. The fourth-order valence-corrected chi connectivity index (χ4v) is 7.26. The van der Waals surface area contributed by atoms with Gasteiger partial charge < -0.3 is 10.0 Å². The molecule has 1 aliphatic heterocycles. The molecule has 0 saturated heterocycles. The van der Waals surface area contributed by atoms with Gasteiger partial charge in [0.2, 0.25) is 10.0 Å². The highest BCUT2D eigenvalue weighted by Crippen LogP contribution is 2.62. The number of aliphatic hydroxyl groups excluding tert-OH is 1. The minimum absolute atomic E-state index is 0.0543. The van der Waals surface area contributed by atoms with Gasteiger partial charge in [0.25, 0.3) is 5.91 Å². The van der Waals surface area contributed by atoms with E-state index in [0.717, 1.165) is 42.3 Å². The van der Waals surface area contributed by atoms with Crippen molar-refractivity contribution in [2.45, 2.75) is 75.7 Å². The van der Waals surface area contributed by atoms with Crippen molar-refractivity contribution in [3.8, 4) is 0 Å². The van der Waals surface area contributed by atoms with E-state index < -0.39 is 16.1 Å². The van der Waals surface area contributed by atoms with Crippen LogP contribution in [0.15, 0.2) is 42.5 Å². The van der Waals surface area contributed by atoms with Gasteiger partial charge in [-0.05, 0) is 97.7 Å². The van der Waals surface area contributed by atoms with Gasteiger partial charge in [0.05, 0.1) is 12.4 Å². The summed E-state index contributed by atoms with van der Waals surface area (Å²) in [5, 5.41) is 10.8. The molecule has 7 heteroatoms. The maximum absolute atomic E-state index is 13.9. The summed E-state index contributed by atoms with van der Waals surface area (Å²) in [6, 6.07) is 13.1. The van der Waals surface area contributed by atoms with Crippen LogP contribution in [0, 0.1) is 11.3 Å². The van der Waals surface area contributed by atoms with Gasteiger partial charge in [-0.3, -0.25) is 9.52 Å². The molecule has 1 heterocycles. The van der Waals surface area contributed by atoms with E-state index in [1.54, 1.807) is 6.07 Å². The highest BCUT2D eigenvalue weighted by atomic mass is 32.2. The van der Waals surface area contributed by atoms with Crippen LogP contribution in [-0.2, 0) is 15.4 Å². The van der Waals surface area contributed by atoms with Crippen LogP contribution in [-0.4, -0.2) is 32.2 Å². The van der Waals surface area contributed by atoms with Crippen LogP contribution in [0.4, 0.5) is 11.4 Å². The van der Waals surface area contributed by atoms with Gasteiger partial charge in [-0.15, -0.1) is 0 Å². The highest BCUT2D eigenvalue weighted by Gasteiger charge is 2.53. The molecule has 6 rings (SSSR count). The van der Waals surface area contributed by atoms with Crippen molar-refractivity contribution in [3.63, 3.8) is 0 Å². The Balaban J connectivity index is 1.31. The third-order valence-corrected chi connectivity index (χ3v) is 10.00. The molecule has 0 bridgehead atoms. The van der Waals surface area contributed by atoms with Gasteiger partial charge in [-0.2, -0.15) is 0 Å². The van der Waals surface area contributed by atoms with Gasteiger partial charge in [0, 0.05) is 28.9 Å². The number of fused-ring (bicyclic) bond motifs is 2. The number of nitrogens with one attached hydrogen (secondary N) is 1. The van der Waals surface area contributed by atoms with Crippen LogP contribution >= 0.6 is 0 Å². The van der Waals surface area contributed by atoms with Crippen molar-refractivity contribution in [1.82, 2.24) is 0 Å². The number of hydrogen-bond acceptors (Lipinski definition) is 4. The Morgan fingerprint density at radius 2 is 1.81 bits per heavy atom. The lowest BCUT2D eigenvalue weighted by atomic mass is 9.66. The highest BCUT2D eigenvalue weighted by molar-refractivity contribution is 7.92. The third-order valence-electron chi connectivity index (χ3n) is 9.39. The fourth-order valence-electron chi connectivity index (χ4n) is 6.71. The van der Waals surface area contributed by atoms with E-state index in [-0.39, 0.29) is 11.3 Å². The van der Waals surface area contributed by atoms with E-state index in [2.05, 4.69) is 4.72 Å². The Bertz CT molecular complexity index is 1290. The Hall–Kier alpha value is -2.38. The molecule has 192 valence electrons. The lowest BCUT2D eigenvalue weighted by Crippen LogP contribution is -2.40. The molecule has 1 unspecified atom stereocenters. The van der Waals surface area contributed by atoms with Crippen LogP contribution in [0.5, 0.6) is 0 Å². The SMILES string of the molecule is CS(=O)(=O)Nc1ccc2c(c1)C1(CCC3(CC3)CC1)CN2C(=O)c1cccc(C(O)CC2CCC2)c1. The first-order chi connectivity index (χ1) is 17.2. The van der Waals surface area contributed by atoms with E-state index in [9.17, 15) is 18.3 Å². The standard InChI is InChI=1S/C29H36N2O4S/c1-36(34,35)30-23-8-9-25-24(18-23)29(14-12-28(10-11-28)13-15-29)19-31(25)27(33)22-7-3-6-21(17-22)26(32)16-20-4-2-5-20/h3,6-9,17-18,20,26,30,32H,2,4-5,10-16,19H2,1H3. The second kappa shape index (κ2) is 8.59. The summed E-state index contributed by atoms with van der Waals surface area (Å²) in [6.45, 7) is 0.619. The summed E-state index contributed by atoms with van der Waals surface area (Å²) in [4.78, 5) is 15.8. The van der Waals surface area contributed by atoms with Crippen LogP contribution in [0.1, 0.15) is 91.8 Å². The predicted molar refractivity (Wildman–Crippen MR) is 142 cm³/mol. The van der Waals surface area contributed by atoms with Crippen LogP contribution < -0.4 is 9.62 Å². The Morgan fingerprint density at radius 3 is 2.44 bits per heavy atom. The van der Waals surface area contributed by atoms with Crippen molar-refractivity contribution in [2.24, 2.45) is 11.3 Å². The number of anilines is 2. The second-order valence-corrected chi connectivity index (χ2v) is 13.7. The third kappa shape index (κ3) is 4.45. The van der Waals surface area contributed by atoms with Crippen LogP contribution in [0.2, 0.25) is 0 Å². The molecule has 2 aromatic rings. The van der Waals surface area contributed by atoms with Gasteiger partial charge in [-0.1, -0.05) is 31.4 Å². The molecule has 1 amide bonds. The molecule has 3 fully saturated rings. The van der Waals surface area contributed by atoms with Crippen LogP contribution in [0.3, 0.4) is 0 Å². The second-order valence-electron chi connectivity index (χ2n) is 12.0. The molecular weight excluding hydrogens is 472 g/mol. The molecule has 0 aromatic heterocycles. The number of benzene rings is 2. The minimum Gasteiger partial charge on any atom is -0.388 e. The number of nitrogens with zero attached hydrogens (tertiary/aromatic N) is 1. The molecule has 3 saturated carbocycles. The number of rotatable bonds is 6. The molecule has 2 N–H and O–H groups in total. The zero-order valence-corrected chi connectivity index (χ0v) is 21.8. The van der Waals surface area contributed by atoms with Crippen LogP contribution in [0.25, 0.3) is 0 Å². The predicted octanol–water partition coefficient (Wildman–Crippen LogP) is 5.53. The number of carbonyl (C=O) groups excluding carboxylic acids is 1. The topological polar surface area (TPSA) is 86.7 Å². The average molecular weight is 509 g/mol. The van der Waals surface area contributed by atoms with E-state index >= 15 is 0 Å². The summed E-state index contributed by atoms with van der Waals surface area (Å²) >= 11 is 0. The van der Waals surface area contributed by atoms with Gasteiger partial charge in [0.15, 0.2) is 0 Å². The molecule has 2 aromatic carbocycles. The largest absolute Gasteiger partial charge is 0.388 e. The Kier molecular flexibility index (Phi) is 5.72. The monoisotopic (exact) mass is 508 g/mol. The maximum Gasteiger partial charge on any atom is 0.258 e. The maximum atomic E-state index is 13.9. The van der Waals surface area contributed by atoms with Crippen molar-refractivity contribution < 1.29 is 18.3 Å². The number of sulfonamides is 1. The molecule has 2 spiro atoms. The summed E-state index contributed by atoms with van der Waals surface area (Å²) in [7, 11) is -3.39. The van der Waals surface area contributed by atoms with Crippen molar-refractivity contribution in [1.29, 1.82) is 0 Å². The summed E-state index contributed by atoms with van der Waals surface area (Å²) in [5.74, 6) is 0.529. The average Bonchev–Trinajstić information content (AvgIpc) is 3.52. The lowest BCUT2D eigenvalue weighted by molar-refractivity contribution is 0.0979. The van der Waals surface area contributed by atoms with Gasteiger partial charge in [0.1, 0.15) is 0 Å². The summed E-state index contributed by atoms with van der Waals surface area (Å²) < 4.78 is 26.4. The van der Waals surface area contributed by atoms with Crippen molar-refractivity contribution in [3.05, 3.63) is 59.2 Å². The van der Waals surface area contributed by atoms with E-state index in [0.29, 0.717) is 29.1 Å². The Labute approximate surface area is 214 Å². The number of hydrogen-bond donors (Lipinski definition) is 2. The Morgan fingerprint density at radius 1 is 1.08 bits per heavy atom. The molecule has 4 aliphatic rings. The summed E-state index contributed by atoms with van der Waals surface area (Å²) in [6.07, 6.45) is 12.0. The molecular formula is C29H36N2O4S. The molecule has 36 heavy (non-hydrogen) atoms. The first-order valence-electron chi connectivity index (χ1n) is 13.4. The number of aliphatic hydroxyl groups is 1. The van der Waals surface area contributed by atoms with E-state index in [1.165, 1.54) is 44.9 Å². The fraction of sp³-hybridized carbons (Fsp3) is 0.552. The first kappa shape index (κ1) is 24.0. The van der Waals surface area contributed by atoms with Gasteiger partial charge >= 0.3 is 0 Å². The van der Waals surface area contributed by atoms with Crippen molar-refractivity contribution >= 4 is 27.3 Å². The number of amides is 1. The number of carbonyl (C=O) groups is 1. The lowest BCUT2D eigenvalue weighted by Gasteiger charge is -2.38. The smallest absolute Gasteiger partial charge is 0.258 e. The quantitative estimate of drug-likeness (QED) is 0.537. The molecule has 0 radical (unpaired) electrons. The summed E-state index contributed by atoms with van der Waals surface area (Å²) in [5.41, 5.74) is 4.29. The zero-order valence-electron chi connectivity index (χ0n) is 21.0. The minimum atomic E-state index is -3.39. The molecule has 1 atom stereocenters. The normalized spacial score (nSPS) is 22.8.